The largest absolute Gasteiger partial charge is 0.492 e. The van der Waals surface area contributed by atoms with Crippen LogP contribution in [0.1, 0.15) is 63.5 Å². The molecule has 28 heavy (non-hydrogen) atoms. The smallest absolute Gasteiger partial charge is 0.135 e. The number of hydrogen-bond acceptors (Lipinski definition) is 2. The number of aryl methyl sites for hydroxylation is 2. The summed E-state index contributed by atoms with van der Waals surface area (Å²) in [6, 6.07) is 13.1. The quantitative estimate of drug-likeness (QED) is 0.265. The topological polar surface area (TPSA) is 18.5 Å². The first-order chi connectivity index (χ1) is 13.7. The maximum atomic E-state index is 6.37. The molecule has 0 spiro atoms. The Morgan fingerprint density at radius 2 is 1.04 bits per heavy atom. The van der Waals surface area contributed by atoms with Crippen LogP contribution in [0.15, 0.2) is 36.4 Å². The average molecular weight is 379 g/mol. The van der Waals surface area contributed by atoms with Crippen LogP contribution in [-0.2, 0) is 0 Å². The first kappa shape index (κ1) is 20.5. The van der Waals surface area contributed by atoms with E-state index in [1.54, 1.807) is 0 Å². The predicted octanol–water partition coefficient (Wildman–Crippen LogP) is 7.75. The van der Waals surface area contributed by atoms with E-state index in [1.807, 2.05) is 0 Å². The van der Waals surface area contributed by atoms with E-state index in [0.717, 1.165) is 48.3 Å². The average Bonchev–Trinajstić information content (AvgIpc) is 2.70. The normalized spacial score (nSPS) is 11.3. The van der Waals surface area contributed by atoms with Crippen LogP contribution in [0.2, 0.25) is 0 Å². The molecule has 0 saturated carbocycles. The van der Waals surface area contributed by atoms with Crippen molar-refractivity contribution in [2.45, 2.75) is 66.2 Å². The Labute approximate surface area is 169 Å². The van der Waals surface area contributed by atoms with Gasteiger partial charge in [0.1, 0.15) is 11.5 Å². The number of rotatable bonds is 10. The third kappa shape index (κ3) is 4.43. The highest BCUT2D eigenvalue weighted by Gasteiger charge is 2.17. The second-order valence-electron chi connectivity index (χ2n) is 7.80. The monoisotopic (exact) mass is 378 g/mol. The maximum absolute atomic E-state index is 6.37. The van der Waals surface area contributed by atoms with Gasteiger partial charge in [-0.2, -0.15) is 0 Å². The second-order valence-corrected chi connectivity index (χ2v) is 7.80. The first-order valence-electron chi connectivity index (χ1n) is 10.9. The van der Waals surface area contributed by atoms with E-state index in [2.05, 4.69) is 64.1 Å². The fourth-order valence-corrected chi connectivity index (χ4v) is 3.72. The van der Waals surface area contributed by atoms with Crippen LogP contribution >= 0.6 is 0 Å². The van der Waals surface area contributed by atoms with Gasteiger partial charge in [-0.25, -0.2) is 0 Å². The van der Waals surface area contributed by atoms with Crippen LogP contribution in [0.25, 0.3) is 21.5 Å². The van der Waals surface area contributed by atoms with Gasteiger partial charge < -0.3 is 9.47 Å². The van der Waals surface area contributed by atoms with Crippen molar-refractivity contribution >= 4 is 21.5 Å². The van der Waals surface area contributed by atoms with Gasteiger partial charge >= 0.3 is 0 Å². The van der Waals surface area contributed by atoms with Gasteiger partial charge in [0.2, 0.25) is 0 Å². The molecule has 2 heteroatoms. The lowest BCUT2D eigenvalue weighted by Crippen LogP contribution is -2.02. The summed E-state index contributed by atoms with van der Waals surface area (Å²) in [5.74, 6) is 2.01. The van der Waals surface area contributed by atoms with E-state index in [1.165, 1.54) is 47.6 Å². The van der Waals surface area contributed by atoms with Crippen molar-refractivity contribution < 1.29 is 9.47 Å². The summed E-state index contributed by atoms with van der Waals surface area (Å²) < 4.78 is 12.7. The summed E-state index contributed by atoms with van der Waals surface area (Å²) in [5, 5.41) is 4.65. The lowest BCUT2D eigenvalue weighted by Gasteiger charge is -2.19. The third-order valence-electron chi connectivity index (χ3n) is 5.53. The highest BCUT2D eigenvalue weighted by molar-refractivity contribution is 6.11. The van der Waals surface area contributed by atoms with Gasteiger partial charge in [-0.15, -0.1) is 0 Å². The molecule has 3 aromatic rings. The molecule has 0 aliphatic carbocycles. The minimum Gasteiger partial charge on any atom is -0.492 e. The van der Waals surface area contributed by atoms with Crippen molar-refractivity contribution in [1.82, 2.24) is 0 Å². The van der Waals surface area contributed by atoms with Crippen molar-refractivity contribution in [2.24, 2.45) is 0 Å². The Bertz CT molecular complexity index is 851. The minimum atomic E-state index is 0.760. The molecule has 0 aliphatic rings. The van der Waals surface area contributed by atoms with Crippen molar-refractivity contribution in [3.63, 3.8) is 0 Å². The number of benzene rings is 3. The summed E-state index contributed by atoms with van der Waals surface area (Å²) in [6.45, 7) is 10.3. The van der Waals surface area contributed by atoms with Crippen molar-refractivity contribution in [3.05, 3.63) is 47.5 Å². The number of fused-ring (bicyclic) bond motifs is 2. The predicted molar refractivity (Wildman–Crippen MR) is 121 cm³/mol. The molecular formula is C26H34O2. The van der Waals surface area contributed by atoms with E-state index in [9.17, 15) is 0 Å². The Morgan fingerprint density at radius 3 is 1.43 bits per heavy atom. The highest BCUT2D eigenvalue weighted by atomic mass is 16.5. The molecule has 0 bridgehead atoms. The van der Waals surface area contributed by atoms with Crippen LogP contribution < -0.4 is 9.47 Å². The van der Waals surface area contributed by atoms with Gasteiger partial charge in [-0.05, 0) is 49.9 Å². The van der Waals surface area contributed by atoms with Gasteiger partial charge in [0.25, 0.3) is 0 Å². The zero-order valence-electron chi connectivity index (χ0n) is 17.9. The zero-order chi connectivity index (χ0) is 19.9. The number of ether oxygens (including phenoxy) is 2. The minimum absolute atomic E-state index is 0.760. The van der Waals surface area contributed by atoms with Gasteiger partial charge in [-0.1, -0.05) is 63.8 Å². The Hall–Kier alpha value is -2.22. The zero-order valence-corrected chi connectivity index (χ0v) is 17.9. The Morgan fingerprint density at radius 1 is 0.607 bits per heavy atom. The summed E-state index contributed by atoms with van der Waals surface area (Å²) in [4.78, 5) is 0. The lowest BCUT2D eigenvalue weighted by molar-refractivity contribution is 0.308. The van der Waals surface area contributed by atoms with Crippen molar-refractivity contribution in [1.29, 1.82) is 0 Å². The first-order valence-corrected chi connectivity index (χ1v) is 10.9. The summed E-state index contributed by atoms with van der Waals surface area (Å²) in [5.41, 5.74) is 2.58. The van der Waals surface area contributed by atoms with E-state index in [-0.39, 0.29) is 0 Å². The van der Waals surface area contributed by atoms with Crippen LogP contribution in [-0.4, -0.2) is 13.2 Å². The Balaban J connectivity index is 2.13. The summed E-state index contributed by atoms with van der Waals surface area (Å²) >= 11 is 0. The molecule has 0 saturated heterocycles. The molecule has 2 nitrogen and oxygen atoms in total. The molecular weight excluding hydrogens is 344 g/mol. The maximum Gasteiger partial charge on any atom is 0.135 e. The van der Waals surface area contributed by atoms with Crippen LogP contribution in [0.3, 0.4) is 0 Å². The molecule has 0 unspecified atom stereocenters. The molecule has 0 radical (unpaired) electrons. The fourth-order valence-electron chi connectivity index (χ4n) is 3.72. The van der Waals surface area contributed by atoms with E-state index in [0.29, 0.717) is 0 Å². The third-order valence-corrected chi connectivity index (χ3v) is 5.53. The van der Waals surface area contributed by atoms with Crippen LogP contribution in [0, 0.1) is 13.8 Å². The standard InChI is InChI=1S/C26H34O2/c1-5-7-11-15-27-25-21-13-9-10-14-22(21)26(28-16-12-8-6-2)24-18-20(4)19(3)17-23(24)25/h9-10,13-14,17-18H,5-8,11-12,15-16H2,1-4H3. The Kier molecular flexibility index (Phi) is 7.19. The number of hydrogen-bond donors (Lipinski definition) is 0. The van der Waals surface area contributed by atoms with Crippen LogP contribution in [0.5, 0.6) is 11.5 Å². The molecule has 0 amide bonds. The van der Waals surface area contributed by atoms with Gasteiger partial charge in [0.05, 0.1) is 13.2 Å². The molecule has 3 rings (SSSR count). The summed E-state index contributed by atoms with van der Waals surface area (Å²) in [6.07, 6.45) is 6.99. The van der Waals surface area contributed by atoms with Gasteiger partial charge in [0.15, 0.2) is 0 Å². The molecule has 150 valence electrons. The second kappa shape index (κ2) is 9.82. The van der Waals surface area contributed by atoms with Crippen LogP contribution in [0.4, 0.5) is 0 Å². The van der Waals surface area contributed by atoms with Crippen molar-refractivity contribution in [2.75, 3.05) is 13.2 Å². The molecule has 0 aromatic heterocycles. The molecule has 0 heterocycles. The highest BCUT2D eigenvalue weighted by Crippen LogP contribution is 2.43. The molecule has 0 fully saturated rings. The lowest BCUT2D eigenvalue weighted by atomic mass is 9.96. The molecule has 0 aliphatic heterocycles. The van der Waals surface area contributed by atoms with E-state index >= 15 is 0 Å². The van der Waals surface area contributed by atoms with Crippen molar-refractivity contribution in [3.8, 4) is 11.5 Å². The van der Waals surface area contributed by atoms with Gasteiger partial charge in [-0.3, -0.25) is 0 Å². The number of unbranched alkanes of at least 4 members (excludes halogenated alkanes) is 4. The molecule has 0 atom stereocenters. The van der Waals surface area contributed by atoms with Gasteiger partial charge in [0, 0.05) is 21.5 Å². The molecule has 0 N–H and O–H groups in total. The van der Waals surface area contributed by atoms with E-state index in [4.69, 9.17) is 9.47 Å². The SMILES string of the molecule is CCCCCOc1c2ccccc2c(OCCCCC)c2cc(C)c(C)cc12. The fraction of sp³-hybridized carbons (Fsp3) is 0.462. The van der Waals surface area contributed by atoms with E-state index < -0.39 is 0 Å². The summed E-state index contributed by atoms with van der Waals surface area (Å²) in [7, 11) is 0. The molecule has 3 aromatic carbocycles.